The molecule has 0 aliphatic heterocycles. The highest BCUT2D eigenvalue weighted by molar-refractivity contribution is 9.10. The Morgan fingerprint density at radius 1 is 1.12 bits per heavy atom. The summed E-state index contributed by atoms with van der Waals surface area (Å²) in [7, 11) is 4.00. The summed E-state index contributed by atoms with van der Waals surface area (Å²) < 4.78 is 1.00. The first kappa shape index (κ1) is 22.8. The van der Waals surface area contributed by atoms with Crippen molar-refractivity contribution in [3.63, 3.8) is 0 Å². The highest BCUT2D eigenvalue weighted by Crippen LogP contribution is 2.17. The van der Waals surface area contributed by atoms with Crippen LogP contribution in [0.5, 0.6) is 0 Å². The number of benzene rings is 2. The smallest absolute Gasteiger partial charge is 0.0991 e. The first-order chi connectivity index (χ1) is 12.0. The van der Waals surface area contributed by atoms with Gasteiger partial charge in [0.25, 0.3) is 0 Å². The van der Waals surface area contributed by atoms with Gasteiger partial charge in [-0.25, -0.2) is 0 Å². The Bertz CT molecular complexity index is 628. The van der Waals surface area contributed by atoms with Gasteiger partial charge in [-0.2, -0.15) is 5.26 Å². The van der Waals surface area contributed by atoms with Crippen molar-refractivity contribution in [2.24, 2.45) is 4.99 Å². The summed E-state index contributed by atoms with van der Waals surface area (Å²) in [6, 6.07) is 17.3. The zero-order valence-electron chi connectivity index (χ0n) is 15.5. The van der Waals surface area contributed by atoms with Crippen molar-refractivity contribution >= 4 is 34.0 Å². The van der Waals surface area contributed by atoms with Crippen LogP contribution in [0.1, 0.15) is 19.4 Å². The van der Waals surface area contributed by atoms with E-state index < -0.39 is 0 Å². The number of rotatable bonds is 4. The van der Waals surface area contributed by atoms with Crippen LogP contribution in [0.3, 0.4) is 0 Å². The monoisotopic (exact) mass is 402 g/mol. The molecule has 0 radical (unpaired) electrons. The molecule has 0 spiro atoms. The molecule has 0 aromatic heterocycles. The maximum absolute atomic E-state index is 8.36. The molecule has 0 aliphatic carbocycles. The quantitative estimate of drug-likeness (QED) is 0.730. The maximum Gasteiger partial charge on any atom is 0.0991 e. The van der Waals surface area contributed by atoms with Crippen LogP contribution in [-0.2, 0) is 0 Å². The summed E-state index contributed by atoms with van der Waals surface area (Å²) in [5, 5.41) is 11.3. The van der Waals surface area contributed by atoms with E-state index in [9.17, 15) is 0 Å². The molecule has 0 amide bonds. The summed E-state index contributed by atoms with van der Waals surface area (Å²) in [4.78, 5) is 6.00. The number of nitriles is 1. The van der Waals surface area contributed by atoms with Crippen LogP contribution in [0, 0.1) is 11.3 Å². The highest BCUT2D eigenvalue weighted by atomic mass is 79.9. The standard InChI is InChI=1S/C10H14N2.C7H4BrN.C3H9N/c1-4-12(3)10-7-5-9(11-2)6-8-10;8-7-3-1-6(5-9)2-4-7;1-3-4-2/h5-8H,2,4H2,1,3H3;1-4H;4H,3H2,1-2H3. The van der Waals surface area contributed by atoms with E-state index in [1.54, 1.807) is 12.1 Å². The van der Waals surface area contributed by atoms with Crippen LogP contribution in [0.15, 0.2) is 58.0 Å². The Morgan fingerprint density at radius 2 is 1.64 bits per heavy atom. The molecule has 1 N–H and O–H groups in total. The molecule has 2 aromatic rings. The average molecular weight is 403 g/mol. The molecular weight excluding hydrogens is 376 g/mol. The minimum absolute atomic E-state index is 0.693. The number of hydrogen-bond donors (Lipinski definition) is 1. The molecule has 0 bridgehead atoms. The molecule has 0 unspecified atom stereocenters. The Hall–Kier alpha value is -2.16. The van der Waals surface area contributed by atoms with Gasteiger partial charge in [-0.3, -0.25) is 4.99 Å². The normalized spacial score (nSPS) is 8.80. The number of halogens is 1. The number of aliphatic imine (C=N–C) groups is 1. The van der Waals surface area contributed by atoms with E-state index in [0.717, 1.165) is 23.2 Å². The second-order valence-corrected chi connectivity index (χ2v) is 5.93. The molecular formula is C20H27BrN4. The summed E-state index contributed by atoms with van der Waals surface area (Å²) >= 11 is 3.27. The minimum atomic E-state index is 0.693. The van der Waals surface area contributed by atoms with Gasteiger partial charge in [0.2, 0.25) is 0 Å². The molecule has 0 saturated carbocycles. The Morgan fingerprint density at radius 3 is 2.00 bits per heavy atom. The first-order valence-electron chi connectivity index (χ1n) is 8.10. The summed E-state index contributed by atoms with van der Waals surface area (Å²) in [5.74, 6) is 0. The lowest BCUT2D eigenvalue weighted by atomic mass is 10.2. The highest BCUT2D eigenvalue weighted by Gasteiger charge is 1.95. The second-order valence-electron chi connectivity index (χ2n) is 5.01. The fourth-order valence-corrected chi connectivity index (χ4v) is 1.78. The zero-order valence-corrected chi connectivity index (χ0v) is 17.0. The Labute approximate surface area is 160 Å². The number of nitrogens with one attached hydrogen (secondary N) is 1. The van der Waals surface area contributed by atoms with E-state index in [1.165, 1.54) is 5.69 Å². The van der Waals surface area contributed by atoms with E-state index in [-0.39, 0.29) is 0 Å². The lowest BCUT2D eigenvalue weighted by Crippen LogP contribution is -2.15. The third-order valence-electron chi connectivity index (χ3n) is 3.27. The van der Waals surface area contributed by atoms with E-state index in [0.29, 0.717) is 5.56 Å². The summed E-state index contributed by atoms with van der Waals surface area (Å²) in [6.07, 6.45) is 0. The zero-order chi connectivity index (χ0) is 19.1. The van der Waals surface area contributed by atoms with Crippen molar-refractivity contribution in [2.45, 2.75) is 13.8 Å². The van der Waals surface area contributed by atoms with Crippen LogP contribution >= 0.6 is 15.9 Å². The van der Waals surface area contributed by atoms with Gasteiger partial charge in [-0.15, -0.1) is 0 Å². The van der Waals surface area contributed by atoms with Crippen molar-refractivity contribution in [1.82, 2.24) is 5.32 Å². The van der Waals surface area contributed by atoms with Crippen molar-refractivity contribution in [3.05, 3.63) is 58.6 Å². The number of anilines is 1. The van der Waals surface area contributed by atoms with E-state index in [2.05, 4.69) is 58.8 Å². The lowest BCUT2D eigenvalue weighted by Gasteiger charge is -2.16. The molecule has 0 fully saturated rings. The predicted molar refractivity (Wildman–Crippen MR) is 113 cm³/mol. The first-order valence-corrected chi connectivity index (χ1v) is 8.89. The Balaban J connectivity index is 0.000000391. The van der Waals surface area contributed by atoms with E-state index >= 15 is 0 Å². The summed E-state index contributed by atoms with van der Waals surface area (Å²) in [6.45, 7) is 9.74. The average Bonchev–Trinajstić information content (AvgIpc) is 2.68. The fourth-order valence-electron chi connectivity index (χ4n) is 1.52. The van der Waals surface area contributed by atoms with Crippen LogP contribution in [-0.4, -0.2) is 33.9 Å². The lowest BCUT2D eigenvalue weighted by molar-refractivity contribution is 0.864. The second kappa shape index (κ2) is 14.2. The van der Waals surface area contributed by atoms with Gasteiger partial charge in [-0.05, 0) is 75.8 Å². The van der Waals surface area contributed by atoms with Gasteiger partial charge in [0.1, 0.15) is 0 Å². The van der Waals surface area contributed by atoms with Crippen molar-refractivity contribution < 1.29 is 0 Å². The van der Waals surface area contributed by atoms with Gasteiger partial charge in [0.05, 0.1) is 17.3 Å². The van der Waals surface area contributed by atoms with Crippen LogP contribution in [0.25, 0.3) is 0 Å². The number of nitrogens with zero attached hydrogens (tertiary/aromatic N) is 3. The maximum atomic E-state index is 8.36. The molecule has 2 aromatic carbocycles. The van der Waals surface area contributed by atoms with Crippen molar-refractivity contribution in [2.75, 3.05) is 32.1 Å². The largest absolute Gasteiger partial charge is 0.375 e. The summed E-state index contributed by atoms with van der Waals surface area (Å²) in [5.41, 5.74) is 2.83. The predicted octanol–water partition coefficient (Wildman–Crippen LogP) is 5.02. The molecule has 0 heterocycles. The fraction of sp³-hybridized carbons (Fsp3) is 0.300. The topological polar surface area (TPSA) is 51.4 Å². The Kier molecular flexibility index (Phi) is 13.0. The van der Waals surface area contributed by atoms with Crippen LogP contribution in [0.2, 0.25) is 0 Å². The molecule has 2 rings (SSSR count). The van der Waals surface area contributed by atoms with Crippen molar-refractivity contribution in [1.29, 1.82) is 5.26 Å². The van der Waals surface area contributed by atoms with Crippen molar-refractivity contribution in [3.8, 4) is 6.07 Å². The molecule has 0 atom stereocenters. The minimum Gasteiger partial charge on any atom is -0.375 e. The van der Waals surface area contributed by atoms with Gasteiger partial charge >= 0.3 is 0 Å². The van der Waals surface area contributed by atoms with Gasteiger partial charge < -0.3 is 10.2 Å². The molecule has 4 nitrogen and oxygen atoms in total. The molecule has 0 aliphatic rings. The van der Waals surface area contributed by atoms with Crippen LogP contribution < -0.4 is 10.2 Å². The third kappa shape index (κ3) is 10.3. The van der Waals surface area contributed by atoms with Gasteiger partial charge in [-0.1, -0.05) is 22.9 Å². The molecule has 134 valence electrons. The molecule has 25 heavy (non-hydrogen) atoms. The third-order valence-corrected chi connectivity index (χ3v) is 3.80. The van der Waals surface area contributed by atoms with Gasteiger partial charge in [0.15, 0.2) is 0 Å². The molecule has 0 saturated heterocycles. The van der Waals surface area contributed by atoms with Gasteiger partial charge in [0, 0.05) is 23.8 Å². The number of hydrogen-bond acceptors (Lipinski definition) is 4. The molecule has 5 heteroatoms. The SMILES string of the molecule is C=Nc1ccc(N(C)CC)cc1.CCNC.N#Cc1ccc(Br)cc1. The van der Waals surface area contributed by atoms with Crippen LogP contribution in [0.4, 0.5) is 11.4 Å². The van der Waals surface area contributed by atoms with E-state index in [4.69, 9.17) is 5.26 Å². The van der Waals surface area contributed by atoms with E-state index in [1.807, 2.05) is 49.5 Å².